The van der Waals surface area contributed by atoms with Gasteiger partial charge in [0.1, 0.15) is 0 Å². The average Bonchev–Trinajstić information content (AvgIpc) is 2.45. The molecule has 1 amide bonds. The van der Waals surface area contributed by atoms with Crippen molar-refractivity contribution in [2.75, 3.05) is 20.6 Å². The molecule has 0 saturated heterocycles. The predicted octanol–water partition coefficient (Wildman–Crippen LogP) is 0.928. The number of aromatic nitrogens is 1. The van der Waals surface area contributed by atoms with Crippen LogP contribution in [0.3, 0.4) is 0 Å². The smallest absolute Gasteiger partial charge is 0.221 e. The number of nitrogens with one attached hydrogen (secondary N) is 1. The monoisotopic (exact) mass is 264 g/mol. The maximum absolute atomic E-state index is 11.3. The Morgan fingerprint density at radius 2 is 2.32 bits per heavy atom. The molecule has 2 atom stereocenters. The van der Waals surface area contributed by atoms with Crippen LogP contribution in [0.2, 0.25) is 0 Å². The lowest BCUT2D eigenvalue weighted by Crippen LogP contribution is -2.40. The standard InChI is InChI=1S/C14H24N4O/c1-4-12(15)14(11-6-5-8-17-10-11)18(3)9-7-13(19)16-2/h5-6,8,10,12,14H,4,7,9,15H2,1-3H3,(H,16,19). The molecule has 0 spiro atoms. The quantitative estimate of drug-likeness (QED) is 0.768. The maximum atomic E-state index is 11.3. The van der Waals surface area contributed by atoms with Gasteiger partial charge in [-0.15, -0.1) is 0 Å². The summed E-state index contributed by atoms with van der Waals surface area (Å²) in [6.07, 6.45) is 4.95. The van der Waals surface area contributed by atoms with Gasteiger partial charge in [-0.05, 0) is 25.1 Å². The van der Waals surface area contributed by atoms with Crippen molar-refractivity contribution in [3.05, 3.63) is 30.1 Å². The van der Waals surface area contributed by atoms with Gasteiger partial charge < -0.3 is 11.1 Å². The van der Waals surface area contributed by atoms with Gasteiger partial charge in [0, 0.05) is 38.4 Å². The summed E-state index contributed by atoms with van der Waals surface area (Å²) in [4.78, 5) is 17.6. The summed E-state index contributed by atoms with van der Waals surface area (Å²) < 4.78 is 0. The second-order valence-corrected chi connectivity index (χ2v) is 4.71. The van der Waals surface area contributed by atoms with Gasteiger partial charge in [0.05, 0.1) is 6.04 Å². The van der Waals surface area contributed by atoms with Crippen LogP contribution >= 0.6 is 0 Å². The first kappa shape index (κ1) is 15.6. The highest BCUT2D eigenvalue weighted by molar-refractivity contribution is 5.75. The number of nitrogens with two attached hydrogens (primary N) is 1. The van der Waals surface area contributed by atoms with Crippen LogP contribution in [0.25, 0.3) is 0 Å². The Kier molecular flexibility index (Phi) is 6.45. The van der Waals surface area contributed by atoms with E-state index in [9.17, 15) is 4.79 Å². The molecule has 1 aromatic heterocycles. The molecule has 0 aliphatic carbocycles. The molecule has 1 rings (SSSR count). The molecule has 0 aromatic carbocycles. The van der Waals surface area contributed by atoms with Gasteiger partial charge in [-0.2, -0.15) is 0 Å². The first-order valence-corrected chi connectivity index (χ1v) is 6.66. The number of nitrogens with zero attached hydrogens (tertiary/aromatic N) is 2. The van der Waals surface area contributed by atoms with E-state index >= 15 is 0 Å². The molecular weight excluding hydrogens is 240 g/mol. The van der Waals surface area contributed by atoms with Gasteiger partial charge in [0.15, 0.2) is 0 Å². The van der Waals surface area contributed by atoms with Gasteiger partial charge in [0.2, 0.25) is 5.91 Å². The van der Waals surface area contributed by atoms with E-state index in [-0.39, 0.29) is 18.0 Å². The second kappa shape index (κ2) is 7.86. The van der Waals surface area contributed by atoms with Crippen molar-refractivity contribution in [2.45, 2.75) is 31.8 Å². The predicted molar refractivity (Wildman–Crippen MR) is 76.6 cm³/mol. The largest absolute Gasteiger partial charge is 0.359 e. The molecule has 19 heavy (non-hydrogen) atoms. The number of amides is 1. The molecule has 0 aliphatic rings. The van der Waals surface area contributed by atoms with E-state index < -0.39 is 0 Å². The molecule has 0 radical (unpaired) electrons. The first-order chi connectivity index (χ1) is 9.10. The number of hydrogen-bond acceptors (Lipinski definition) is 4. The number of carbonyl (C=O) groups is 1. The Hall–Kier alpha value is -1.46. The molecule has 1 heterocycles. The van der Waals surface area contributed by atoms with Crippen molar-refractivity contribution in [1.82, 2.24) is 15.2 Å². The summed E-state index contributed by atoms with van der Waals surface area (Å²) in [6, 6.07) is 4.06. The van der Waals surface area contributed by atoms with E-state index in [0.717, 1.165) is 12.0 Å². The zero-order valence-corrected chi connectivity index (χ0v) is 12.0. The zero-order valence-electron chi connectivity index (χ0n) is 12.0. The minimum absolute atomic E-state index is 0.0267. The lowest BCUT2D eigenvalue weighted by Gasteiger charge is -2.32. The van der Waals surface area contributed by atoms with E-state index in [1.54, 1.807) is 13.2 Å². The highest BCUT2D eigenvalue weighted by Gasteiger charge is 2.23. The lowest BCUT2D eigenvalue weighted by molar-refractivity contribution is -0.121. The van der Waals surface area contributed by atoms with Crippen LogP contribution < -0.4 is 11.1 Å². The van der Waals surface area contributed by atoms with Crippen LogP contribution in [0.5, 0.6) is 0 Å². The Morgan fingerprint density at radius 1 is 1.58 bits per heavy atom. The van der Waals surface area contributed by atoms with Crippen LogP contribution in [0, 0.1) is 0 Å². The van der Waals surface area contributed by atoms with Crippen molar-refractivity contribution in [1.29, 1.82) is 0 Å². The molecule has 106 valence electrons. The normalized spacial score (nSPS) is 14.2. The first-order valence-electron chi connectivity index (χ1n) is 6.66. The van der Waals surface area contributed by atoms with Crippen molar-refractivity contribution in [2.24, 2.45) is 5.73 Å². The maximum Gasteiger partial charge on any atom is 0.221 e. The third-order valence-corrected chi connectivity index (χ3v) is 3.35. The van der Waals surface area contributed by atoms with Crippen molar-refractivity contribution < 1.29 is 4.79 Å². The van der Waals surface area contributed by atoms with Gasteiger partial charge in [-0.1, -0.05) is 13.0 Å². The van der Waals surface area contributed by atoms with E-state index in [4.69, 9.17) is 5.73 Å². The van der Waals surface area contributed by atoms with Crippen LogP contribution in [-0.2, 0) is 4.79 Å². The fourth-order valence-electron chi connectivity index (χ4n) is 2.14. The molecule has 0 aliphatic heterocycles. The van der Waals surface area contributed by atoms with E-state index in [0.29, 0.717) is 13.0 Å². The lowest BCUT2D eigenvalue weighted by atomic mass is 9.98. The Labute approximate surface area is 115 Å². The minimum atomic E-state index is 0.0267. The molecule has 3 N–H and O–H groups in total. The zero-order chi connectivity index (χ0) is 14.3. The minimum Gasteiger partial charge on any atom is -0.359 e. The number of carbonyl (C=O) groups excluding carboxylic acids is 1. The van der Waals surface area contributed by atoms with E-state index in [1.807, 2.05) is 25.4 Å². The van der Waals surface area contributed by atoms with Crippen molar-refractivity contribution in [3.8, 4) is 0 Å². The summed E-state index contributed by atoms with van der Waals surface area (Å²) in [5, 5.41) is 2.63. The third kappa shape index (κ3) is 4.61. The number of pyridine rings is 1. The summed E-state index contributed by atoms with van der Waals surface area (Å²) in [7, 11) is 3.65. The third-order valence-electron chi connectivity index (χ3n) is 3.35. The fourth-order valence-corrected chi connectivity index (χ4v) is 2.14. The van der Waals surface area contributed by atoms with E-state index in [1.165, 1.54) is 0 Å². The Bertz CT molecular complexity index is 382. The summed E-state index contributed by atoms with van der Waals surface area (Å²) in [5.41, 5.74) is 7.31. The molecule has 5 heteroatoms. The van der Waals surface area contributed by atoms with Crippen molar-refractivity contribution in [3.63, 3.8) is 0 Å². The Balaban J connectivity index is 2.77. The molecule has 0 fully saturated rings. The summed E-state index contributed by atoms with van der Waals surface area (Å²) >= 11 is 0. The van der Waals surface area contributed by atoms with Crippen LogP contribution in [0.15, 0.2) is 24.5 Å². The van der Waals surface area contributed by atoms with Gasteiger partial charge in [-0.3, -0.25) is 14.7 Å². The molecule has 0 saturated carbocycles. The molecule has 5 nitrogen and oxygen atoms in total. The molecule has 2 unspecified atom stereocenters. The number of hydrogen-bond donors (Lipinski definition) is 2. The van der Waals surface area contributed by atoms with Gasteiger partial charge in [-0.25, -0.2) is 0 Å². The summed E-state index contributed by atoms with van der Waals surface area (Å²) in [6.45, 7) is 2.74. The van der Waals surface area contributed by atoms with Gasteiger partial charge >= 0.3 is 0 Å². The molecule has 1 aromatic rings. The molecular formula is C14H24N4O. The SMILES string of the molecule is CCC(N)C(c1cccnc1)N(C)CCC(=O)NC. The van der Waals surface area contributed by atoms with Crippen LogP contribution in [0.4, 0.5) is 0 Å². The average molecular weight is 264 g/mol. The van der Waals surface area contributed by atoms with E-state index in [2.05, 4.69) is 22.1 Å². The van der Waals surface area contributed by atoms with Crippen LogP contribution in [0.1, 0.15) is 31.4 Å². The fraction of sp³-hybridized carbons (Fsp3) is 0.571. The highest BCUT2D eigenvalue weighted by atomic mass is 16.1. The van der Waals surface area contributed by atoms with Gasteiger partial charge in [0.25, 0.3) is 0 Å². The summed E-state index contributed by atoms with van der Waals surface area (Å²) in [5.74, 6) is 0.0434. The number of likely N-dealkylation sites (N-methyl/N-ethyl adjacent to an activating group) is 1. The highest BCUT2D eigenvalue weighted by Crippen LogP contribution is 2.23. The molecule has 0 bridgehead atoms. The van der Waals surface area contributed by atoms with Crippen LogP contribution in [-0.4, -0.2) is 42.5 Å². The Morgan fingerprint density at radius 3 is 2.84 bits per heavy atom. The second-order valence-electron chi connectivity index (χ2n) is 4.71. The topological polar surface area (TPSA) is 71.2 Å². The number of rotatable bonds is 7. The van der Waals surface area contributed by atoms with Crippen molar-refractivity contribution >= 4 is 5.91 Å².